The van der Waals surface area contributed by atoms with Crippen LogP contribution in [0.15, 0.2) is 48.7 Å². The Balaban J connectivity index is 1.75. The van der Waals surface area contributed by atoms with E-state index in [2.05, 4.69) is 54.1 Å². The molecule has 1 aliphatic carbocycles. The van der Waals surface area contributed by atoms with Crippen molar-refractivity contribution in [1.29, 1.82) is 0 Å². The third kappa shape index (κ3) is 4.01. The van der Waals surface area contributed by atoms with Crippen LogP contribution in [0.1, 0.15) is 42.4 Å². The van der Waals surface area contributed by atoms with Gasteiger partial charge in [0.05, 0.1) is 5.52 Å². The molecule has 0 aliphatic heterocycles. The lowest BCUT2D eigenvalue weighted by atomic mass is 9.90. The minimum atomic E-state index is 0.340. The molecule has 0 saturated heterocycles. The molecule has 146 valence electrons. The SMILES string of the molecule is Cc1ccc(CN(c2ccnc3cc(Cl)ccc23)C2CCC(N)CC2)cc1C. The predicted octanol–water partition coefficient (Wildman–Crippen LogP) is 5.78. The number of hydrogen-bond acceptors (Lipinski definition) is 3. The summed E-state index contributed by atoms with van der Waals surface area (Å²) in [6.45, 7) is 5.24. The van der Waals surface area contributed by atoms with E-state index in [0.29, 0.717) is 12.1 Å². The molecule has 1 saturated carbocycles. The number of fused-ring (bicyclic) bond motifs is 1. The molecule has 0 amide bonds. The van der Waals surface area contributed by atoms with E-state index >= 15 is 0 Å². The van der Waals surface area contributed by atoms with Gasteiger partial charge in [0.25, 0.3) is 0 Å². The molecule has 1 heterocycles. The van der Waals surface area contributed by atoms with E-state index in [9.17, 15) is 0 Å². The zero-order valence-electron chi connectivity index (χ0n) is 16.7. The van der Waals surface area contributed by atoms with Crippen LogP contribution in [-0.4, -0.2) is 17.1 Å². The molecule has 2 N–H and O–H groups in total. The number of benzene rings is 2. The Kier molecular flexibility index (Phi) is 5.56. The van der Waals surface area contributed by atoms with Crippen molar-refractivity contribution < 1.29 is 0 Å². The molecular weight excluding hydrogens is 366 g/mol. The largest absolute Gasteiger partial charge is 0.364 e. The summed E-state index contributed by atoms with van der Waals surface area (Å²) in [6, 6.07) is 15.8. The monoisotopic (exact) mass is 393 g/mol. The van der Waals surface area contributed by atoms with Crippen molar-refractivity contribution in [3.8, 4) is 0 Å². The molecule has 0 atom stereocenters. The second kappa shape index (κ2) is 8.10. The Morgan fingerprint density at radius 1 is 1.00 bits per heavy atom. The maximum atomic E-state index is 6.21. The topological polar surface area (TPSA) is 42.2 Å². The van der Waals surface area contributed by atoms with Crippen LogP contribution in [0.2, 0.25) is 5.02 Å². The van der Waals surface area contributed by atoms with Crippen LogP contribution < -0.4 is 10.6 Å². The Morgan fingerprint density at radius 3 is 2.54 bits per heavy atom. The summed E-state index contributed by atoms with van der Waals surface area (Å²) < 4.78 is 0. The lowest BCUT2D eigenvalue weighted by Gasteiger charge is -2.38. The second-order valence-electron chi connectivity index (χ2n) is 8.11. The van der Waals surface area contributed by atoms with Gasteiger partial charge in [-0.3, -0.25) is 4.98 Å². The molecule has 1 aromatic heterocycles. The van der Waals surface area contributed by atoms with Crippen molar-refractivity contribution in [3.63, 3.8) is 0 Å². The van der Waals surface area contributed by atoms with Gasteiger partial charge in [0.15, 0.2) is 0 Å². The summed E-state index contributed by atoms with van der Waals surface area (Å²) in [5.41, 5.74) is 12.4. The van der Waals surface area contributed by atoms with E-state index in [1.54, 1.807) is 0 Å². The summed E-state index contributed by atoms with van der Waals surface area (Å²) in [4.78, 5) is 7.11. The molecule has 0 bridgehead atoms. The van der Waals surface area contributed by atoms with Gasteiger partial charge in [0.1, 0.15) is 0 Å². The van der Waals surface area contributed by atoms with Crippen molar-refractivity contribution >= 4 is 28.2 Å². The second-order valence-corrected chi connectivity index (χ2v) is 8.54. The van der Waals surface area contributed by atoms with Gasteiger partial charge in [-0.05, 0) is 80.5 Å². The number of halogens is 1. The molecular formula is C24H28ClN3. The number of pyridine rings is 1. The highest BCUT2D eigenvalue weighted by Gasteiger charge is 2.26. The van der Waals surface area contributed by atoms with Gasteiger partial charge in [-0.2, -0.15) is 0 Å². The van der Waals surface area contributed by atoms with Crippen molar-refractivity contribution in [2.24, 2.45) is 5.73 Å². The van der Waals surface area contributed by atoms with Gasteiger partial charge in [-0.25, -0.2) is 0 Å². The maximum absolute atomic E-state index is 6.21. The standard InChI is InChI=1S/C24H28ClN3/c1-16-3-4-18(13-17(16)2)15-28(21-8-6-20(26)7-9-21)24-11-12-27-23-14-19(25)5-10-22(23)24/h3-5,10-14,20-21H,6-9,15,26H2,1-2H3. The molecule has 0 spiro atoms. The number of nitrogens with two attached hydrogens (primary N) is 1. The third-order valence-electron chi connectivity index (χ3n) is 6.10. The summed E-state index contributed by atoms with van der Waals surface area (Å²) in [5, 5.41) is 1.88. The van der Waals surface area contributed by atoms with Gasteiger partial charge in [0, 0.05) is 40.9 Å². The maximum Gasteiger partial charge on any atom is 0.0737 e. The molecule has 2 aromatic carbocycles. The molecule has 28 heavy (non-hydrogen) atoms. The van der Waals surface area contributed by atoms with E-state index in [0.717, 1.165) is 48.2 Å². The van der Waals surface area contributed by atoms with Crippen LogP contribution in [0.5, 0.6) is 0 Å². The minimum Gasteiger partial charge on any atom is -0.364 e. The van der Waals surface area contributed by atoms with Crippen LogP contribution in [0.25, 0.3) is 10.9 Å². The van der Waals surface area contributed by atoms with E-state index in [4.69, 9.17) is 17.3 Å². The lowest BCUT2D eigenvalue weighted by molar-refractivity contribution is 0.375. The van der Waals surface area contributed by atoms with E-state index in [1.807, 2.05) is 18.3 Å². The van der Waals surface area contributed by atoms with Crippen molar-refractivity contribution in [1.82, 2.24) is 4.98 Å². The summed E-state index contributed by atoms with van der Waals surface area (Å²) in [5.74, 6) is 0. The molecule has 1 fully saturated rings. The highest BCUT2D eigenvalue weighted by molar-refractivity contribution is 6.31. The quantitative estimate of drug-likeness (QED) is 0.610. The molecule has 3 nitrogen and oxygen atoms in total. The number of aromatic nitrogens is 1. The molecule has 1 aliphatic rings. The molecule has 3 aromatic rings. The average molecular weight is 394 g/mol. The number of hydrogen-bond donors (Lipinski definition) is 1. The third-order valence-corrected chi connectivity index (χ3v) is 6.33. The van der Waals surface area contributed by atoms with Crippen molar-refractivity contribution in [3.05, 3.63) is 70.4 Å². The number of aryl methyl sites for hydroxylation is 2. The fourth-order valence-corrected chi connectivity index (χ4v) is 4.45. The Labute approximate surface area is 172 Å². The van der Waals surface area contributed by atoms with Crippen molar-refractivity contribution in [2.45, 2.75) is 58.2 Å². The molecule has 4 rings (SSSR count). The molecule has 0 radical (unpaired) electrons. The van der Waals surface area contributed by atoms with Gasteiger partial charge < -0.3 is 10.6 Å². The summed E-state index contributed by atoms with van der Waals surface area (Å²) in [7, 11) is 0. The highest BCUT2D eigenvalue weighted by atomic mass is 35.5. The zero-order valence-corrected chi connectivity index (χ0v) is 17.4. The minimum absolute atomic E-state index is 0.340. The number of anilines is 1. The lowest BCUT2D eigenvalue weighted by Crippen LogP contribution is -2.40. The van der Waals surface area contributed by atoms with E-state index in [1.165, 1.54) is 22.4 Å². The number of rotatable bonds is 4. The predicted molar refractivity (Wildman–Crippen MR) is 119 cm³/mol. The first-order valence-electron chi connectivity index (χ1n) is 10.1. The molecule has 4 heteroatoms. The smallest absolute Gasteiger partial charge is 0.0737 e. The number of nitrogens with zero attached hydrogens (tertiary/aromatic N) is 2. The van der Waals surface area contributed by atoms with Gasteiger partial charge in [0.2, 0.25) is 0 Å². The highest BCUT2D eigenvalue weighted by Crippen LogP contribution is 2.34. The van der Waals surface area contributed by atoms with Gasteiger partial charge in [-0.15, -0.1) is 0 Å². The van der Waals surface area contributed by atoms with Crippen LogP contribution in [0.4, 0.5) is 5.69 Å². The Hall–Kier alpha value is -2.10. The first-order valence-corrected chi connectivity index (χ1v) is 10.5. The summed E-state index contributed by atoms with van der Waals surface area (Å²) in [6.07, 6.45) is 6.33. The van der Waals surface area contributed by atoms with Gasteiger partial charge in [-0.1, -0.05) is 29.8 Å². The van der Waals surface area contributed by atoms with Crippen LogP contribution in [-0.2, 0) is 6.54 Å². The van der Waals surface area contributed by atoms with Crippen LogP contribution >= 0.6 is 11.6 Å². The van der Waals surface area contributed by atoms with Crippen molar-refractivity contribution in [2.75, 3.05) is 4.90 Å². The zero-order chi connectivity index (χ0) is 19.7. The average Bonchev–Trinajstić information content (AvgIpc) is 2.69. The van der Waals surface area contributed by atoms with Crippen LogP contribution in [0.3, 0.4) is 0 Å². The first kappa shape index (κ1) is 19.2. The summed E-state index contributed by atoms with van der Waals surface area (Å²) >= 11 is 6.21. The normalized spacial score (nSPS) is 19.7. The Bertz CT molecular complexity index is 977. The van der Waals surface area contributed by atoms with E-state index in [-0.39, 0.29) is 0 Å². The van der Waals surface area contributed by atoms with Gasteiger partial charge >= 0.3 is 0 Å². The fourth-order valence-electron chi connectivity index (χ4n) is 4.28. The Morgan fingerprint density at radius 2 is 1.79 bits per heavy atom. The first-order chi connectivity index (χ1) is 13.5. The molecule has 0 unspecified atom stereocenters. The fraction of sp³-hybridized carbons (Fsp3) is 0.375. The van der Waals surface area contributed by atoms with E-state index < -0.39 is 0 Å². The van der Waals surface area contributed by atoms with Crippen LogP contribution in [0, 0.1) is 13.8 Å².